The summed E-state index contributed by atoms with van der Waals surface area (Å²) < 4.78 is 33.1. The van der Waals surface area contributed by atoms with Crippen LogP contribution in [0.1, 0.15) is 232 Å². The van der Waals surface area contributed by atoms with Crippen LogP contribution in [0, 0.1) is 0 Å². The van der Waals surface area contributed by atoms with Crippen LogP contribution in [0.15, 0.2) is 279 Å². The van der Waals surface area contributed by atoms with Gasteiger partial charge in [-0.1, -0.05) is 313 Å². The van der Waals surface area contributed by atoms with E-state index in [2.05, 4.69) is 293 Å². The van der Waals surface area contributed by atoms with Gasteiger partial charge in [0.2, 0.25) is 0 Å². The highest BCUT2D eigenvalue weighted by Crippen LogP contribution is 2.43. The Morgan fingerprint density at radius 2 is 0.525 bits per heavy atom. The Morgan fingerprint density at radius 3 is 0.798 bits per heavy atom. The second kappa shape index (κ2) is 80.0. The van der Waals surface area contributed by atoms with Crippen molar-refractivity contribution in [3.8, 4) is 0 Å². The molecule has 0 bridgehead atoms. The molecule has 9 nitrogen and oxygen atoms in total. The van der Waals surface area contributed by atoms with Gasteiger partial charge in [-0.2, -0.15) is 0 Å². The van der Waals surface area contributed by atoms with E-state index >= 15 is 0 Å². The Hall–Kier alpha value is -6.97. The van der Waals surface area contributed by atoms with Crippen molar-refractivity contribution in [2.45, 2.75) is 238 Å². The molecular formula is C89H132NO8P. The van der Waals surface area contributed by atoms with Gasteiger partial charge in [0.15, 0.2) is 6.10 Å². The van der Waals surface area contributed by atoms with Crippen LogP contribution in [0.4, 0.5) is 0 Å². The molecule has 546 valence electrons. The standard InChI is InChI=1S/C89H132NO8P/c1-3-5-7-9-11-13-15-17-19-21-23-25-27-29-31-33-35-37-39-41-43-45-47-49-51-53-55-57-59-61-63-65-67-69-71-73-75-77-79-81-88(91)95-85-87(86-97-99(93,94)96-84-83-90)98-89(92)82-80-78-76-74-72-70-68-66-64-62-60-58-56-54-52-50-48-46-44-42-40-38-36-34-32-30-28-26-24-22-20-18-16-14-12-10-8-6-4-2/h5-8,11-14,17-20,23-26,29-32,35-38,41-44,47-50,53-56,59-62,65-68,72,74,87H,3-4,9-10,15-16,21-22,27-28,33-34,39-40,45-46,51-52,57-58,63-64,69-71,73,75-86,90H2,1-2H3,(H,93,94)/b7-5-,8-6-,13-11-,14-12-,19-17-,20-18-,25-23-,26-24-,31-29-,32-30-,37-35-,38-36-,43-41-,44-42-,49-47-,50-48-,55-53-,56-54-,61-59-,62-60-,67-65-,68-66-,74-72-. The predicted octanol–water partition coefficient (Wildman–Crippen LogP) is 25.6. The second-order valence-electron chi connectivity index (χ2n) is 23.3. The van der Waals surface area contributed by atoms with Gasteiger partial charge in [0, 0.05) is 19.4 Å². The van der Waals surface area contributed by atoms with Gasteiger partial charge >= 0.3 is 19.8 Å². The van der Waals surface area contributed by atoms with Crippen LogP contribution in [0.25, 0.3) is 0 Å². The van der Waals surface area contributed by atoms with Crippen LogP contribution < -0.4 is 5.73 Å². The van der Waals surface area contributed by atoms with Crippen LogP contribution in [0.3, 0.4) is 0 Å². The molecule has 0 aliphatic carbocycles. The first-order valence-corrected chi connectivity index (χ1v) is 39.0. The fourth-order valence-electron chi connectivity index (χ4n) is 8.86. The summed E-state index contributed by atoms with van der Waals surface area (Å²) >= 11 is 0. The molecule has 0 amide bonds. The highest BCUT2D eigenvalue weighted by molar-refractivity contribution is 7.47. The third-order valence-corrected chi connectivity index (χ3v) is 15.3. The molecular weight excluding hydrogens is 1240 g/mol. The molecule has 0 aromatic carbocycles. The van der Waals surface area contributed by atoms with E-state index in [0.717, 1.165) is 193 Å². The average Bonchev–Trinajstić information content (AvgIpc) is 1.35. The SMILES string of the molecule is CC/C=C\C/C=C\C/C=C\C/C=C\C/C=C\C/C=C\C/C=C\C/C=C\C/C=C\C/C=C\C/C=C\C/C=C\CCCCC(=O)OC(COC(=O)CCCCCCC/C=C\C/C=C\C/C=C\C/C=C\C/C=C\C/C=C\C/C=C\C/C=C\C/C=C\C/C=C\C/C=C\CC)COP(=O)(O)OCCN. The summed E-state index contributed by atoms with van der Waals surface area (Å²) in [6.45, 7) is 3.40. The topological polar surface area (TPSA) is 134 Å². The molecule has 0 saturated carbocycles. The number of phosphoric acid groups is 1. The van der Waals surface area contributed by atoms with Crippen molar-refractivity contribution in [3.05, 3.63) is 279 Å². The van der Waals surface area contributed by atoms with Gasteiger partial charge in [-0.3, -0.25) is 18.6 Å². The molecule has 0 spiro atoms. The maximum atomic E-state index is 12.8. The Balaban J connectivity index is 4.12. The van der Waals surface area contributed by atoms with E-state index in [4.69, 9.17) is 24.3 Å². The molecule has 0 aromatic heterocycles. The zero-order valence-corrected chi connectivity index (χ0v) is 62.2. The number of nitrogens with two attached hydrogens (primary N) is 1. The van der Waals surface area contributed by atoms with Crippen LogP contribution >= 0.6 is 7.82 Å². The molecule has 0 fully saturated rings. The normalized spacial score (nSPS) is 14.5. The van der Waals surface area contributed by atoms with Crippen molar-refractivity contribution in [1.82, 2.24) is 0 Å². The first kappa shape index (κ1) is 92.0. The predicted molar refractivity (Wildman–Crippen MR) is 430 cm³/mol. The number of unbranched alkanes of at least 4 members (excludes halogenated alkanes) is 7. The smallest absolute Gasteiger partial charge is 0.462 e. The van der Waals surface area contributed by atoms with Gasteiger partial charge in [-0.25, -0.2) is 4.57 Å². The summed E-state index contributed by atoms with van der Waals surface area (Å²) in [6.07, 6.45) is 132. The molecule has 2 unspecified atom stereocenters. The van der Waals surface area contributed by atoms with Gasteiger partial charge in [-0.15, -0.1) is 0 Å². The number of rotatable bonds is 66. The molecule has 0 aliphatic heterocycles. The Morgan fingerprint density at radius 1 is 0.303 bits per heavy atom. The summed E-state index contributed by atoms with van der Waals surface area (Å²) in [4.78, 5) is 35.4. The third kappa shape index (κ3) is 79.9. The minimum absolute atomic E-state index is 0.0274. The lowest BCUT2D eigenvalue weighted by Crippen LogP contribution is -2.29. The second-order valence-corrected chi connectivity index (χ2v) is 24.8. The zero-order valence-electron chi connectivity index (χ0n) is 61.3. The summed E-state index contributed by atoms with van der Waals surface area (Å²) in [7, 11) is -4.44. The Labute approximate surface area is 603 Å². The molecule has 0 aromatic rings. The van der Waals surface area contributed by atoms with Crippen LogP contribution in [0.2, 0.25) is 0 Å². The van der Waals surface area contributed by atoms with Gasteiger partial charge in [0.1, 0.15) is 6.61 Å². The van der Waals surface area contributed by atoms with E-state index in [1.54, 1.807) is 0 Å². The number of esters is 2. The van der Waals surface area contributed by atoms with Gasteiger partial charge in [0.25, 0.3) is 0 Å². The minimum atomic E-state index is -4.44. The average molecular weight is 1380 g/mol. The number of carbonyl (C=O) groups excluding carboxylic acids is 2. The van der Waals surface area contributed by atoms with Crippen LogP contribution in [-0.4, -0.2) is 49.3 Å². The maximum Gasteiger partial charge on any atom is 0.472 e. The van der Waals surface area contributed by atoms with E-state index in [1.807, 2.05) is 0 Å². The van der Waals surface area contributed by atoms with E-state index in [0.29, 0.717) is 12.8 Å². The highest BCUT2D eigenvalue weighted by atomic mass is 31.2. The third-order valence-electron chi connectivity index (χ3n) is 14.3. The maximum absolute atomic E-state index is 12.8. The molecule has 2 atom stereocenters. The molecule has 0 aliphatic rings. The van der Waals surface area contributed by atoms with Crippen LogP contribution in [0.5, 0.6) is 0 Å². The van der Waals surface area contributed by atoms with Gasteiger partial charge < -0.3 is 20.1 Å². The summed E-state index contributed by atoms with van der Waals surface area (Å²) in [6, 6.07) is 0. The number of phosphoric ester groups is 1. The number of carbonyl (C=O) groups is 2. The lowest BCUT2D eigenvalue weighted by atomic mass is 10.1. The minimum Gasteiger partial charge on any atom is -0.462 e. The molecule has 0 radical (unpaired) electrons. The quantitative estimate of drug-likeness (QED) is 0.0264. The summed E-state index contributed by atoms with van der Waals surface area (Å²) in [5.74, 6) is -0.926. The molecule has 0 saturated heterocycles. The van der Waals surface area contributed by atoms with Crippen molar-refractivity contribution in [1.29, 1.82) is 0 Å². The van der Waals surface area contributed by atoms with Crippen molar-refractivity contribution in [2.24, 2.45) is 5.73 Å². The highest BCUT2D eigenvalue weighted by Gasteiger charge is 2.26. The Bertz CT molecular complexity index is 2680. The molecule has 0 heterocycles. The largest absolute Gasteiger partial charge is 0.472 e. The fraction of sp³-hybridized carbons (Fsp3) is 0.461. The van der Waals surface area contributed by atoms with E-state index in [9.17, 15) is 19.0 Å². The number of hydrogen-bond donors (Lipinski definition) is 2. The lowest BCUT2D eigenvalue weighted by Gasteiger charge is -2.19. The van der Waals surface area contributed by atoms with E-state index < -0.39 is 32.5 Å². The van der Waals surface area contributed by atoms with E-state index in [-0.39, 0.29) is 32.6 Å². The number of allylic oxidation sites excluding steroid dienone is 46. The van der Waals surface area contributed by atoms with Crippen molar-refractivity contribution in [3.63, 3.8) is 0 Å². The zero-order chi connectivity index (χ0) is 71.5. The van der Waals surface area contributed by atoms with Gasteiger partial charge in [-0.05, 0) is 186 Å². The van der Waals surface area contributed by atoms with Crippen LogP contribution in [-0.2, 0) is 32.7 Å². The molecule has 10 heteroatoms. The summed E-state index contributed by atoms with van der Waals surface area (Å²) in [5, 5.41) is 0. The van der Waals surface area contributed by atoms with Gasteiger partial charge in [0.05, 0.1) is 13.2 Å². The van der Waals surface area contributed by atoms with Crippen molar-refractivity contribution < 1.29 is 37.6 Å². The first-order chi connectivity index (χ1) is 48.8. The fourth-order valence-corrected chi connectivity index (χ4v) is 9.62. The Kier molecular flexibility index (Phi) is 74.4. The molecule has 0 rings (SSSR count). The van der Waals surface area contributed by atoms with E-state index in [1.165, 1.54) is 0 Å². The molecule has 3 N–H and O–H groups in total. The number of hydrogen-bond acceptors (Lipinski definition) is 8. The lowest BCUT2D eigenvalue weighted by molar-refractivity contribution is -0.161. The number of ether oxygens (including phenoxy) is 2. The first-order valence-electron chi connectivity index (χ1n) is 37.5. The van der Waals surface area contributed by atoms with Crippen molar-refractivity contribution >= 4 is 19.8 Å². The monoisotopic (exact) mass is 1370 g/mol. The summed E-state index contributed by atoms with van der Waals surface area (Å²) in [5.41, 5.74) is 5.40. The van der Waals surface area contributed by atoms with Crippen molar-refractivity contribution in [2.75, 3.05) is 26.4 Å². The molecule has 99 heavy (non-hydrogen) atoms.